The first-order chi connectivity index (χ1) is 11.7. The molecule has 0 amide bonds. The summed E-state index contributed by atoms with van der Waals surface area (Å²) < 4.78 is 18.7. The highest BCUT2D eigenvalue weighted by molar-refractivity contribution is 5.89. The Morgan fingerprint density at radius 3 is 2.38 bits per heavy atom. The molecule has 4 rings (SSSR count). The van der Waals surface area contributed by atoms with Crippen molar-refractivity contribution < 1.29 is 18.8 Å². The number of benzene rings is 2. The minimum absolute atomic E-state index is 0.760. The molecule has 0 bridgehead atoms. The van der Waals surface area contributed by atoms with Crippen molar-refractivity contribution in [2.45, 2.75) is 13.0 Å². The number of hydrogen-bond acceptors (Lipinski definition) is 3. The van der Waals surface area contributed by atoms with E-state index in [0.29, 0.717) is 0 Å². The van der Waals surface area contributed by atoms with Crippen molar-refractivity contribution in [2.75, 3.05) is 21.3 Å². The van der Waals surface area contributed by atoms with Gasteiger partial charge < -0.3 is 14.2 Å². The number of pyridine rings is 1. The molecule has 0 atom stereocenters. The third-order valence-corrected chi connectivity index (χ3v) is 4.71. The number of rotatable bonds is 3. The smallest absolute Gasteiger partial charge is 0.213 e. The van der Waals surface area contributed by atoms with E-state index >= 15 is 0 Å². The Morgan fingerprint density at radius 1 is 0.875 bits per heavy atom. The Hall–Kier alpha value is -2.75. The third-order valence-electron chi connectivity index (χ3n) is 4.71. The molecule has 24 heavy (non-hydrogen) atoms. The average Bonchev–Trinajstić information content (AvgIpc) is 2.64. The summed E-state index contributed by atoms with van der Waals surface area (Å²) in [5.74, 6) is 2.45. The van der Waals surface area contributed by atoms with Crippen LogP contribution in [0, 0.1) is 0 Å². The fraction of sp³-hybridized carbons (Fsp3) is 0.250. The van der Waals surface area contributed by atoms with Crippen LogP contribution in [0.3, 0.4) is 0 Å². The molecule has 2 aromatic carbocycles. The second-order valence-corrected chi connectivity index (χ2v) is 5.93. The Balaban J connectivity index is 1.96. The largest absolute Gasteiger partial charge is 0.496 e. The molecule has 1 aromatic heterocycles. The van der Waals surface area contributed by atoms with Crippen LogP contribution in [0.25, 0.3) is 22.0 Å². The summed E-state index contributed by atoms with van der Waals surface area (Å²) in [5, 5.41) is 2.30. The second kappa shape index (κ2) is 5.71. The van der Waals surface area contributed by atoms with Gasteiger partial charge in [0.1, 0.15) is 5.75 Å². The maximum absolute atomic E-state index is 5.50. The van der Waals surface area contributed by atoms with E-state index in [4.69, 9.17) is 14.2 Å². The SMILES string of the molecule is COc1cc2c(cc1OC)-c1cc3cccc(OC)c3c[n+]1CC2. The van der Waals surface area contributed by atoms with E-state index in [1.807, 2.05) is 12.1 Å². The summed E-state index contributed by atoms with van der Waals surface area (Å²) in [5.41, 5.74) is 3.68. The molecule has 0 saturated heterocycles. The van der Waals surface area contributed by atoms with E-state index in [9.17, 15) is 0 Å². The van der Waals surface area contributed by atoms with Crippen molar-refractivity contribution in [1.82, 2.24) is 0 Å². The molecule has 0 fully saturated rings. The van der Waals surface area contributed by atoms with Gasteiger partial charge >= 0.3 is 0 Å². The Morgan fingerprint density at radius 2 is 1.62 bits per heavy atom. The predicted octanol–water partition coefficient (Wildman–Crippen LogP) is 3.38. The zero-order valence-electron chi connectivity index (χ0n) is 14.1. The van der Waals surface area contributed by atoms with E-state index in [1.54, 1.807) is 21.3 Å². The zero-order valence-corrected chi connectivity index (χ0v) is 14.1. The van der Waals surface area contributed by atoms with Crippen LogP contribution in [0.5, 0.6) is 17.2 Å². The van der Waals surface area contributed by atoms with Crippen molar-refractivity contribution in [3.63, 3.8) is 0 Å². The fourth-order valence-corrected chi connectivity index (χ4v) is 3.48. The van der Waals surface area contributed by atoms with Crippen LogP contribution in [0.4, 0.5) is 0 Å². The number of hydrogen-bond donors (Lipinski definition) is 0. The second-order valence-electron chi connectivity index (χ2n) is 5.93. The van der Waals surface area contributed by atoms with E-state index in [-0.39, 0.29) is 0 Å². The molecule has 3 aromatic rings. The molecule has 2 heterocycles. The highest BCUT2D eigenvalue weighted by Gasteiger charge is 2.26. The highest BCUT2D eigenvalue weighted by Crippen LogP contribution is 2.37. The molecule has 4 nitrogen and oxygen atoms in total. The Bertz CT molecular complexity index is 934. The van der Waals surface area contributed by atoms with Crippen LogP contribution in [-0.2, 0) is 13.0 Å². The number of nitrogens with zero attached hydrogens (tertiary/aromatic N) is 1. The van der Waals surface area contributed by atoms with Gasteiger partial charge in [-0.3, -0.25) is 0 Å². The van der Waals surface area contributed by atoms with Gasteiger partial charge in [0.05, 0.1) is 32.3 Å². The minimum atomic E-state index is 0.760. The zero-order chi connectivity index (χ0) is 16.7. The van der Waals surface area contributed by atoms with Crippen molar-refractivity contribution in [1.29, 1.82) is 0 Å². The monoisotopic (exact) mass is 322 g/mol. The van der Waals surface area contributed by atoms with Gasteiger partial charge in [0.25, 0.3) is 0 Å². The first kappa shape index (κ1) is 14.8. The Labute approximate surface area is 141 Å². The predicted molar refractivity (Wildman–Crippen MR) is 92.9 cm³/mol. The summed E-state index contributed by atoms with van der Waals surface area (Å²) >= 11 is 0. The average molecular weight is 322 g/mol. The van der Waals surface area contributed by atoms with Gasteiger partial charge in [-0.05, 0) is 29.1 Å². The molecule has 0 N–H and O–H groups in total. The lowest BCUT2D eigenvalue weighted by Gasteiger charge is -2.18. The van der Waals surface area contributed by atoms with Gasteiger partial charge in [-0.15, -0.1) is 0 Å². The van der Waals surface area contributed by atoms with Crippen LogP contribution < -0.4 is 18.8 Å². The van der Waals surface area contributed by atoms with Crippen LogP contribution in [0.15, 0.2) is 42.6 Å². The van der Waals surface area contributed by atoms with E-state index in [2.05, 4.69) is 35.0 Å². The molecule has 4 heteroatoms. The molecule has 122 valence electrons. The highest BCUT2D eigenvalue weighted by atomic mass is 16.5. The van der Waals surface area contributed by atoms with Crippen LogP contribution in [-0.4, -0.2) is 21.3 Å². The Kier molecular flexibility index (Phi) is 3.53. The van der Waals surface area contributed by atoms with Crippen LogP contribution in [0.2, 0.25) is 0 Å². The van der Waals surface area contributed by atoms with Crippen molar-refractivity contribution >= 4 is 10.8 Å². The number of aromatic nitrogens is 1. The molecule has 0 radical (unpaired) electrons. The summed E-state index contributed by atoms with van der Waals surface area (Å²) in [6, 6.07) is 12.5. The lowest BCUT2D eigenvalue weighted by Crippen LogP contribution is -2.40. The lowest BCUT2D eigenvalue weighted by molar-refractivity contribution is -0.686. The molecule has 1 aliphatic rings. The molecule has 0 spiro atoms. The first-order valence-corrected chi connectivity index (χ1v) is 8.00. The van der Waals surface area contributed by atoms with Gasteiger partial charge in [-0.25, -0.2) is 0 Å². The maximum Gasteiger partial charge on any atom is 0.213 e. The standard InChI is InChI=1S/C20H20NO3/c1-22-18-6-4-5-13-9-17-15-11-20(24-3)19(23-2)10-14(15)7-8-21(17)12-16(13)18/h4-6,9-12H,7-8H2,1-3H3/q+1. The van der Waals surface area contributed by atoms with Gasteiger partial charge in [0.2, 0.25) is 5.69 Å². The van der Waals surface area contributed by atoms with E-state index < -0.39 is 0 Å². The summed E-state index contributed by atoms with van der Waals surface area (Å²) in [4.78, 5) is 0. The normalized spacial score (nSPS) is 12.5. The number of ether oxygens (including phenoxy) is 3. The molecule has 0 unspecified atom stereocenters. The minimum Gasteiger partial charge on any atom is -0.496 e. The number of methoxy groups -OCH3 is 3. The van der Waals surface area contributed by atoms with Gasteiger partial charge in [-0.1, -0.05) is 12.1 Å². The van der Waals surface area contributed by atoms with E-state index in [0.717, 1.165) is 35.6 Å². The fourth-order valence-electron chi connectivity index (χ4n) is 3.48. The summed E-state index contributed by atoms with van der Waals surface area (Å²) in [7, 11) is 5.06. The van der Waals surface area contributed by atoms with Crippen LogP contribution in [0.1, 0.15) is 5.56 Å². The molecule has 0 aliphatic carbocycles. The number of fused-ring (bicyclic) bond motifs is 4. The lowest BCUT2D eigenvalue weighted by atomic mass is 9.95. The van der Waals surface area contributed by atoms with Crippen molar-refractivity contribution in [3.8, 4) is 28.5 Å². The van der Waals surface area contributed by atoms with E-state index in [1.165, 1.54) is 22.2 Å². The van der Waals surface area contributed by atoms with Gasteiger partial charge in [0.15, 0.2) is 24.2 Å². The van der Waals surface area contributed by atoms with Crippen molar-refractivity contribution in [2.24, 2.45) is 0 Å². The van der Waals surface area contributed by atoms with Crippen LogP contribution >= 0.6 is 0 Å². The quantitative estimate of drug-likeness (QED) is 0.693. The third kappa shape index (κ3) is 2.18. The van der Waals surface area contributed by atoms with Gasteiger partial charge in [-0.2, -0.15) is 4.57 Å². The topological polar surface area (TPSA) is 31.6 Å². The summed E-state index contributed by atoms with van der Waals surface area (Å²) in [6.07, 6.45) is 3.15. The molecule has 0 saturated carbocycles. The van der Waals surface area contributed by atoms with Crippen molar-refractivity contribution in [3.05, 3.63) is 48.2 Å². The molecule has 1 aliphatic heterocycles. The summed E-state index contributed by atoms with van der Waals surface area (Å²) in [6.45, 7) is 0.936. The van der Waals surface area contributed by atoms with Gasteiger partial charge in [0, 0.05) is 12.5 Å². The maximum atomic E-state index is 5.50. The first-order valence-electron chi connectivity index (χ1n) is 8.00. The molecular weight excluding hydrogens is 302 g/mol. The number of aryl methyl sites for hydroxylation is 2. The molecular formula is C20H20NO3+.